The van der Waals surface area contributed by atoms with Gasteiger partial charge in [-0.15, -0.1) is 11.8 Å². The molecule has 4 nitrogen and oxygen atoms in total. The monoisotopic (exact) mass is 279 g/mol. The molecule has 98 valence electrons. The molecule has 0 radical (unpaired) electrons. The fraction of sp³-hybridized carbons (Fsp3) is 0.200. The van der Waals surface area contributed by atoms with Gasteiger partial charge in [0.1, 0.15) is 5.82 Å². The number of aliphatic carboxylic acids is 1. The highest BCUT2D eigenvalue weighted by atomic mass is 32.2. The number of thioether (sulfide) groups is 1. The van der Waals surface area contributed by atoms with Crippen molar-refractivity contribution in [2.24, 2.45) is 0 Å². The van der Waals surface area contributed by atoms with Gasteiger partial charge in [-0.05, 0) is 0 Å². The number of halogens is 3. The van der Waals surface area contributed by atoms with E-state index in [-0.39, 0.29) is 11.5 Å². The standard InChI is InChI=1S/C10H8F3NO3S/c11-5-1-7(13)8(2-6(5)12)14-9(15)3-18-4-10(16)17/h1-2H,3-4H2,(H,14,15)(H,16,17). The summed E-state index contributed by atoms with van der Waals surface area (Å²) in [4.78, 5) is 21.4. The molecule has 18 heavy (non-hydrogen) atoms. The summed E-state index contributed by atoms with van der Waals surface area (Å²) in [7, 11) is 0. The van der Waals surface area contributed by atoms with E-state index in [1.54, 1.807) is 0 Å². The van der Waals surface area contributed by atoms with E-state index in [2.05, 4.69) is 0 Å². The van der Waals surface area contributed by atoms with Crippen LogP contribution in [-0.4, -0.2) is 28.5 Å². The Morgan fingerprint density at radius 1 is 1.11 bits per heavy atom. The number of hydrogen-bond acceptors (Lipinski definition) is 3. The molecule has 0 aliphatic rings. The lowest BCUT2D eigenvalue weighted by Crippen LogP contribution is -2.16. The molecule has 1 aromatic carbocycles. The Hall–Kier alpha value is -1.70. The van der Waals surface area contributed by atoms with Crippen LogP contribution in [0.1, 0.15) is 0 Å². The molecule has 0 aliphatic heterocycles. The summed E-state index contributed by atoms with van der Waals surface area (Å²) in [5.41, 5.74) is -0.491. The fourth-order valence-electron chi connectivity index (χ4n) is 1.04. The predicted molar refractivity (Wildman–Crippen MR) is 59.9 cm³/mol. The Labute approximate surface area is 104 Å². The lowest BCUT2D eigenvalue weighted by molar-refractivity contribution is -0.133. The van der Waals surface area contributed by atoms with Gasteiger partial charge in [0.05, 0.1) is 17.2 Å². The first kappa shape index (κ1) is 14.4. The Kier molecular flexibility index (Phi) is 5.02. The van der Waals surface area contributed by atoms with E-state index in [0.717, 1.165) is 11.8 Å². The van der Waals surface area contributed by atoms with Crippen LogP contribution in [0.2, 0.25) is 0 Å². The zero-order chi connectivity index (χ0) is 13.7. The zero-order valence-electron chi connectivity index (χ0n) is 8.87. The lowest BCUT2D eigenvalue weighted by Gasteiger charge is -2.06. The third-order valence-corrected chi connectivity index (χ3v) is 2.66. The van der Waals surface area contributed by atoms with Crippen molar-refractivity contribution in [3.63, 3.8) is 0 Å². The van der Waals surface area contributed by atoms with Crippen LogP contribution < -0.4 is 5.32 Å². The number of rotatable bonds is 5. The van der Waals surface area contributed by atoms with Crippen molar-refractivity contribution in [2.75, 3.05) is 16.8 Å². The smallest absolute Gasteiger partial charge is 0.313 e. The number of carbonyl (C=O) groups is 2. The molecule has 1 aromatic rings. The van der Waals surface area contributed by atoms with E-state index < -0.39 is 35.0 Å². The third-order valence-electron chi connectivity index (χ3n) is 1.74. The fourth-order valence-corrected chi connectivity index (χ4v) is 1.57. The lowest BCUT2D eigenvalue weighted by atomic mass is 10.3. The van der Waals surface area contributed by atoms with Crippen LogP contribution in [-0.2, 0) is 9.59 Å². The molecular formula is C10H8F3NO3S. The highest BCUT2D eigenvalue weighted by Gasteiger charge is 2.12. The van der Waals surface area contributed by atoms with Gasteiger partial charge in [-0.3, -0.25) is 9.59 Å². The highest BCUT2D eigenvalue weighted by molar-refractivity contribution is 8.00. The molecule has 2 N–H and O–H groups in total. The summed E-state index contributed by atoms with van der Waals surface area (Å²) in [6.45, 7) is 0. The maximum absolute atomic E-state index is 13.1. The van der Waals surface area contributed by atoms with E-state index in [1.807, 2.05) is 5.32 Å². The van der Waals surface area contributed by atoms with E-state index >= 15 is 0 Å². The van der Waals surface area contributed by atoms with E-state index in [1.165, 1.54) is 0 Å². The van der Waals surface area contributed by atoms with E-state index in [0.29, 0.717) is 12.1 Å². The summed E-state index contributed by atoms with van der Waals surface area (Å²) in [6.07, 6.45) is 0. The molecule has 0 bridgehead atoms. The van der Waals surface area contributed by atoms with Gasteiger partial charge in [-0.25, -0.2) is 13.2 Å². The highest BCUT2D eigenvalue weighted by Crippen LogP contribution is 2.18. The molecule has 0 spiro atoms. The summed E-state index contributed by atoms with van der Waals surface area (Å²) in [6, 6.07) is 0.833. The number of benzene rings is 1. The molecule has 1 amide bonds. The second-order valence-electron chi connectivity index (χ2n) is 3.18. The second kappa shape index (κ2) is 6.29. The Balaban J connectivity index is 2.59. The molecule has 0 atom stereocenters. The van der Waals surface area contributed by atoms with Crippen molar-refractivity contribution >= 4 is 29.3 Å². The van der Waals surface area contributed by atoms with Crippen LogP contribution in [0.15, 0.2) is 12.1 Å². The Morgan fingerprint density at radius 2 is 1.72 bits per heavy atom. The van der Waals surface area contributed by atoms with Gasteiger partial charge in [0.25, 0.3) is 0 Å². The van der Waals surface area contributed by atoms with Crippen LogP contribution in [0, 0.1) is 17.5 Å². The minimum Gasteiger partial charge on any atom is -0.481 e. The maximum Gasteiger partial charge on any atom is 0.313 e. The van der Waals surface area contributed by atoms with Crippen LogP contribution in [0.25, 0.3) is 0 Å². The molecule has 0 fully saturated rings. The maximum atomic E-state index is 13.1. The van der Waals surface area contributed by atoms with Gasteiger partial charge in [-0.2, -0.15) is 0 Å². The molecule has 0 aromatic heterocycles. The van der Waals surface area contributed by atoms with E-state index in [4.69, 9.17) is 5.11 Å². The average molecular weight is 279 g/mol. The van der Waals surface area contributed by atoms with Crippen molar-refractivity contribution in [2.45, 2.75) is 0 Å². The number of carbonyl (C=O) groups excluding carboxylic acids is 1. The molecular weight excluding hydrogens is 271 g/mol. The van der Waals surface area contributed by atoms with Gasteiger partial charge in [-0.1, -0.05) is 0 Å². The van der Waals surface area contributed by atoms with Crippen LogP contribution in [0.5, 0.6) is 0 Å². The zero-order valence-corrected chi connectivity index (χ0v) is 9.69. The minimum atomic E-state index is -1.36. The van der Waals surface area contributed by atoms with Crippen LogP contribution in [0.4, 0.5) is 18.9 Å². The number of carboxylic acids is 1. The van der Waals surface area contributed by atoms with Crippen molar-refractivity contribution in [1.29, 1.82) is 0 Å². The van der Waals surface area contributed by atoms with Crippen molar-refractivity contribution < 1.29 is 27.9 Å². The number of carboxylic acid groups (broad SMARTS) is 1. The van der Waals surface area contributed by atoms with Gasteiger partial charge < -0.3 is 10.4 Å². The quantitative estimate of drug-likeness (QED) is 0.807. The summed E-state index contributed by atoms with van der Waals surface area (Å²) in [5.74, 6) is -6.06. The first-order valence-corrected chi connectivity index (χ1v) is 5.79. The molecule has 8 heteroatoms. The molecule has 0 aliphatic carbocycles. The van der Waals surface area contributed by atoms with Crippen molar-refractivity contribution in [3.8, 4) is 0 Å². The topological polar surface area (TPSA) is 66.4 Å². The first-order chi connectivity index (χ1) is 8.40. The third kappa shape index (κ3) is 4.28. The Morgan fingerprint density at radius 3 is 2.33 bits per heavy atom. The first-order valence-electron chi connectivity index (χ1n) is 4.64. The van der Waals surface area contributed by atoms with Crippen LogP contribution >= 0.6 is 11.8 Å². The molecule has 0 saturated carbocycles. The van der Waals surface area contributed by atoms with Gasteiger partial charge in [0, 0.05) is 12.1 Å². The largest absolute Gasteiger partial charge is 0.481 e. The SMILES string of the molecule is O=C(O)CSCC(=O)Nc1cc(F)c(F)cc1F. The summed E-state index contributed by atoms with van der Waals surface area (Å²) in [5, 5.41) is 10.3. The van der Waals surface area contributed by atoms with Crippen molar-refractivity contribution in [1.82, 2.24) is 0 Å². The molecule has 0 heterocycles. The van der Waals surface area contributed by atoms with Crippen LogP contribution in [0.3, 0.4) is 0 Å². The van der Waals surface area contributed by atoms with Gasteiger partial charge in [0.15, 0.2) is 11.6 Å². The van der Waals surface area contributed by atoms with E-state index in [9.17, 15) is 22.8 Å². The average Bonchev–Trinajstić information content (AvgIpc) is 2.25. The summed E-state index contributed by atoms with van der Waals surface area (Å²) >= 11 is 0.800. The number of anilines is 1. The molecule has 0 unspecified atom stereocenters. The predicted octanol–water partition coefficient (Wildman–Crippen LogP) is 1.86. The summed E-state index contributed by atoms with van der Waals surface area (Å²) < 4.78 is 38.5. The Bertz CT molecular complexity index is 482. The van der Waals surface area contributed by atoms with Crippen molar-refractivity contribution in [3.05, 3.63) is 29.6 Å². The van der Waals surface area contributed by atoms with Gasteiger partial charge in [0.2, 0.25) is 5.91 Å². The number of hydrogen-bond donors (Lipinski definition) is 2. The minimum absolute atomic E-state index is 0.231. The normalized spacial score (nSPS) is 10.2. The van der Waals surface area contributed by atoms with Gasteiger partial charge >= 0.3 is 5.97 Å². The molecule has 0 saturated heterocycles. The molecule has 1 rings (SSSR count). The number of nitrogens with one attached hydrogen (secondary N) is 1. The second-order valence-corrected chi connectivity index (χ2v) is 4.17. The number of amides is 1.